The van der Waals surface area contributed by atoms with Gasteiger partial charge in [-0.1, -0.05) is 45.5 Å². The molecule has 4 aromatic rings. The number of carbonyl (C=O) groups is 2. The van der Waals surface area contributed by atoms with Crippen molar-refractivity contribution in [3.63, 3.8) is 0 Å². The molecule has 3 aromatic carbocycles. The smallest absolute Gasteiger partial charge is 0.409 e. The van der Waals surface area contributed by atoms with E-state index >= 15 is 0 Å². The summed E-state index contributed by atoms with van der Waals surface area (Å²) in [6, 6.07) is 19.1. The number of anilines is 1. The molecule has 1 fully saturated rings. The molecular formula is C29H28BrN5O5S2. The third kappa shape index (κ3) is 6.54. The van der Waals surface area contributed by atoms with E-state index in [-0.39, 0.29) is 43.2 Å². The first-order valence-electron chi connectivity index (χ1n) is 13.2. The molecule has 0 radical (unpaired) electrons. The molecule has 0 saturated carbocycles. The standard InChI is InChI=1S/C29H28BrN5O5S2/c1-3-40-29(37)33-14-16-34(17-15-33)42(38,39)24-11-7-22(8-12-24)27(36)35(31-19-21-5-9-23(30)10-6-21)28-32-25-13-4-20(2)18-26(25)41-28/h4-13,18-19H,3,14-17H2,1-2H3/b31-19+. The first kappa shape index (κ1) is 29.8. The van der Waals surface area contributed by atoms with E-state index in [1.807, 2.05) is 49.4 Å². The Morgan fingerprint density at radius 1 is 1.05 bits per heavy atom. The van der Waals surface area contributed by atoms with Crippen LogP contribution < -0.4 is 5.01 Å². The van der Waals surface area contributed by atoms with E-state index in [2.05, 4.69) is 26.0 Å². The number of hydrogen-bond donors (Lipinski definition) is 0. The minimum atomic E-state index is -3.82. The number of halogens is 1. The third-order valence-corrected chi connectivity index (χ3v) is 10.0. The number of thiazole rings is 1. The molecule has 1 aliphatic rings. The summed E-state index contributed by atoms with van der Waals surface area (Å²) < 4.78 is 34.8. The minimum Gasteiger partial charge on any atom is -0.450 e. The number of ether oxygens (including phenoxy) is 1. The summed E-state index contributed by atoms with van der Waals surface area (Å²) in [4.78, 5) is 31.9. The highest BCUT2D eigenvalue weighted by atomic mass is 79.9. The first-order valence-corrected chi connectivity index (χ1v) is 16.2. The molecule has 5 rings (SSSR count). The molecule has 10 nitrogen and oxygen atoms in total. The van der Waals surface area contributed by atoms with E-state index in [4.69, 9.17) is 4.74 Å². The molecule has 0 aliphatic carbocycles. The topological polar surface area (TPSA) is 112 Å². The molecule has 42 heavy (non-hydrogen) atoms. The highest BCUT2D eigenvalue weighted by molar-refractivity contribution is 9.10. The Morgan fingerprint density at radius 3 is 2.40 bits per heavy atom. The van der Waals surface area contributed by atoms with Crippen molar-refractivity contribution in [2.24, 2.45) is 5.10 Å². The van der Waals surface area contributed by atoms with Gasteiger partial charge in [0.1, 0.15) is 0 Å². The highest BCUT2D eigenvalue weighted by Gasteiger charge is 2.31. The Labute approximate surface area is 256 Å². The molecule has 0 N–H and O–H groups in total. The monoisotopic (exact) mass is 669 g/mol. The zero-order valence-corrected chi connectivity index (χ0v) is 26.2. The lowest BCUT2D eigenvalue weighted by atomic mass is 10.2. The number of hydrazone groups is 1. The van der Waals surface area contributed by atoms with E-state index in [1.165, 1.54) is 49.8 Å². The average Bonchev–Trinajstić information content (AvgIpc) is 3.41. The van der Waals surface area contributed by atoms with Crippen LogP contribution in [0.25, 0.3) is 10.2 Å². The Bertz CT molecular complexity index is 1730. The van der Waals surface area contributed by atoms with Crippen molar-refractivity contribution in [1.29, 1.82) is 0 Å². The zero-order chi connectivity index (χ0) is 29.9. The van der Waals surface area contributed by atoms with Crippen LogP contribution in [0.5, 0.6) is 0 Å². The average molecular weight is 671 g/mol. The summed E-state index contributed by atoms with van der Waals surface area (Å²) in [5.74, 6) is -0.453. The summed E-state index contributed by atoms with van der Waals surface area (Å²) >= 11 is 4.76. The minimum absolute atomic E-state index is 0.0593. The van der Waals surface area contributed by atoms with E-state index < -0.39 is 22.0 Å². The third-order valence-electron chi connectivity index (χ3n) is 6.60. The van der Waals surface area contributed by atoms with Gasteiger partial charge in [-0.05, 0) is 73.5 Å². The van der Waals surface area contributed by atoms with Gasteiger partial charge in [-0.2, -0.15) is 14.4 Å². The maximum absolute atomic E-state index is 13.7. The number of carbonyl (C=O) groups excluding carboxylic acids is 2. The second kappa shape index (κ2) is 12.7. The highest BCUT2D eigenvalue weighted by Crippen LogP contribution is 2.31. The van der Waals surface area contributed by atoms with Gasteiger partial charge < -0.3 is 9.64 Å². The van der Waals surface area contributed by atoms with Gasteiger partial charge in [0.25, 0.3) is 5.91 Å². The number of fused-ring (bicyclic) bond motifs is 1. The number of amides is 2. The van der Waals surface area contributed by atoms with Crippen LogP contribution in [0.3, 0.4) is 0 Å². The van der Waals surface area contributed by atoms with Crippen molar-refractivity contribution < 1.29 is 22.7 Å². The van der Waals surface area contributed by atoms with Gasteiger partial charge in [0.05, 0.1) is 27.9 Å². The summed E-state index contributed by atoms with van der Waals surface area (Å²) in [5.41, 5.74) is 2.87. The molecule has 218 valence electrons. The van der Waals surface area contributed by atoms with Crippen LogP contribution in [0.15, 0.2) is 81.2 Å². The Kier molecular flexibility index (Phi) is 9.02. The van der Waals surface area contributed by atoms with Crippen molar-refractivity contribution >= 4 is 70.9 Å². The number of nitrogens with zero attached hydrogens (tertiary/aromatic N) is 5. The molecular weight excluding hydrogens is 642 g/mol. The molecule has 1 aromatic heterocycles. The molecule has 1 aliphatic heterocycles. The quantitative estimate of drug-likeness (QED) is 0.189. The van der Waals surface area contributed by atoms with Crippen molar-refractivity contribution in [3.05, 3.63) is 87.9 Å². The van der Waals surface area contributed by atoms with Gasteiger partial charge >= 0.3 is 6.09 Å². The predicted molar refractivity (Wildman–Crippen MR) is 167 cm³/mol. The lowest BCUT2D eigenvalue weighted by Crippen LogP contribution is -2.50. The van der Waals surface area contributed by atoms with E-state index in [9.17, 15) is 18.0 Å². The lowest BCUT2D eigenvalue weighted by molar-refractivity contribution is 0.0933. The van der Waals surface area contributed by atoms with Crippen LogP contribution >= 0.6 is 27.3 Å². The zero-order valence-electron chi connectivity index (χ0n) is 22.9. The largest absolute Gasteiger partial charge is 0.450 e. The number of benzene rings is 3. The number of rotatable bonds is 7. The number of aromatic nitrogens is 1. The van der Waals surface area contributed by atoms with Gasteiger partial charge in [-0.25, -0.2) is 18.2 Å². The molecule has 0 bridgehead atoms. The summed E-state index contributed by atoms with van der Waals surface area (Å²) in [7, 11) is -3.82. The molecule has 2 heterocycles. The lowest BCUT2D eigenvalue weighted by Gasteiger charge is -2.33. The fourth-order valence-corrected chi connectivity index (χ4v) is 7.05. The Morgan fingerprint density at radius 2 is 1.74 bits per heavy atom. The van der Waals surface area contributed by atoms with Crippen molar-refractivity contribution in [2.75, 3.05) is 37.8 Å². The van der Waals surface area contributed by atoms with Crippen molar-refractivity contribution in [1.82, 2.24) is 14.2 Å². The van der Waals surface area contributed by atoms with E-state index in [1.54, 1.807) is 13.1 Å². The number of piperazine rings is 1. The second-order valence-electron chi connectivity index (χ2n) is 9.50. The number of sulfonamides is 1. The molecule has 2 amide bonds. The second-order valence-corrected chi connectivity index (χ2v) is 13.4. The normalized spacial score (nSPS) is 14.4. The van der Waals surface area contributed by atoms with Crippen LogP contribution in [0.4, 0.5) is 9.93 Å². The van der Waals surface area contributed by atoms with E-state index in [0.717, 1.165) is 25.8 Å². The fraction of sp³-hybridized carbons (Fsp3) is 0.241. The van der Waals surface area contributed by atoms with Gasteiger partial charge in [0.15, 0.2) is 0 Å². The van der Waals surface area contributed by atoms with Crippen molar-refractivity contribution in [3.8, 4) is 0 Å². The van der Waals surface area contributed by atoms with Crippen LogP contribution in [-0.2, 0) is 14.8 Å². The van der Waals surface area contributed by atoms with Crippen LogP contribution in [0.1, 0.15) is 28.4 Å². The van der Waals surface area contributed by atoms with E-state index in [0.29, 0.717) is 5.13 Å². The van der Waals surface area contributed by atoms with Gasteiger partial charge in [-0.15, -0.1) is 0 Å². The number of hydrogen-bond acceptors (Lipinski definition) is 8. The van der Waals surface area contributed by atoms with Gasteiger partial charge in [0.2, 0.25) is 15.2 Å². The van der Waals surface area contributed by atoms with Gasteiger partial charge in [0, 0.05) is 36.2 Å². The number of aryl methyl sites for hydroxylation is 1. The predicted octanol–water partition coefficient (Wildman–Crippen LogP) is 5.51. The Hall–Kier alpha value is -3.65. The maximum Gasteiger partial charge on any atom is 0.409 e. The molecule has 0 unspecified atom stereocenters. The first-order chi connectivity index (χ1) is 20.2. The molecule has 13 heteroatoms. The summed E-state index contributed by atoms with van der Waals surface area (Å²) in [5, 5.41) is 6.12. The van der Waals surface area contributed by atoms with Crippen LogP contribution in [0.2, 0.25) is 0 Å². The molecule has 1 saturated heterocycles. The molecule has 0 atom stereocenters. The van der Waals surface area contributed by atoms with Crippen LogP contribution in [0, 0.1) is 6.92 Å². The SMILES string of the molecule is CCOC(=O)N1CCN(S(=O)(=O)c2ccc(C(=O)N(/N=C/c3ccc(Br)cc3)c3nc4ccc(C)cc4s3)cc2)CC1. The maximum atomic E-state index is 13.7. The van der Waals surface area contributed by atoms with Crippen molar-refractivity contribution in [2.45, 2.75) is 18.7 Å². The summed E-state index contributed by atoms with van der Waals surface area (Å²) in [6.07, 6.45) is 1.13. The summed E-state index contributed by atoms with van der Waals surface area (Å²) in [6.45, 7) is 4.75. The Balaban J connectivity index is 1.38. The molecule has 0 spiro atoms. The fourth-order valence-electron chi connectivity index (χ4n) is 4.34. The van der Waals surface area contributed by atoms with Gasteiger partial charge in [-0.3, -0.25) is 4.79 Å². The van der Waals surface area contributed by atoms with Crippen LogP contribution in [-0.4, -0.2) is 73.6 Å².